The fourth-order valence-electron chi connectivity index (χ4n) is 1.98. The van der Waals surface area contributed by atoms with Gasteiger partial charge in [0, 0.05) is 18.4 Å². The van der Waals surface area contributed by atoms with Crippen molar-refractivity contribution < 1.29 is 17.6 Å². The van der Waals surface area contributed by atoms with Crippen molar-refractivity contribution >= 4 is 15.7 Å². The van der Waals surface area contributed by atoms with Crippen molar-refractivity contribution in [1.29, 1.82) is 0 Å². The summed E-state index contributed by atoms with van der Waals surface area (Å²) in [5, 5.41) is 2.69. The molecule has 0 atom stereocenters. The van der Waals surface area contributed by atoms with Crippen LogP contribution in [0.5, 0.6) is 0 Å². The number of carbonyl (C=O) groups is 1. The van der Waals surface area contributed by atoms with Crippen molar-refractivity contribution in [3.8, 4) is 0 Å². The first-order valence-corrected chi connectivity index (χ1v) is 8.58. The highest BCUT2D eigenvalue weighted by molar-refractivity contribution is 7.90. The number of sulfone groups is 1. The zero-order chi connectivity index (χ0) is 16.2. The van der Waals surface area contributed by atoms with E-state index in [1.807, 2.05) is 0 Å². The van der Waals surface area contributed by atoms with Crippen molar-refractivity contribution in [2.45, 2.75) is 11.3 Å². The molecule has 1 amide bonds. The minimum atomic E-state index is -3.35. The van der Waals surface area contributed by atoms with Gasteiger partial charge in [0.05, 0.1) is 4.90 Å². The molecule has 2 aromatic rings. The maximum atomic E-state index is 13.0. The molecule has 2 rings (SSSR count). The summed E-state index contributed by atoms with van der Waals surface area (Å²) in [4.78, 5) is 12.1. The number of rotatable bonds is 5. The second-order valence-corrected chi connectivity index (χ2v) is 6.95. The molecule has 116 valence electrons. The standard InChI is InChI=1S/C16H16FNO3S/c1-22(20,21)15-7-3-5-13(11-15)16(19)18-9-8-12-4-2-6-14(17)10-12/h2-7,10-11H,8-9H2,1H3,(H,18,19). The summed E-state index contributed by atoms with van der Waals surface area (Å²) in [5.74, 6) is -0.674. The number of halogens is 1. The molecule has 0 radical (unpaired) electrons. The molecule has 0 fully saturated rings. The molecule has 1 N–H and O–H groups in total. The smallest absolute Gasteiger partial charge is 0.251 e. The van der Waals surface area contributed by atoms with Gasteiger partial charge >= 0.3 is 0 Å². The molecule has 2 aromatic carbocycles. The van der Waals surface area contributed by atoms with Gasteiger partial charge < -0.3 is 5.32 Å². The number of benzene rings is 2. The summed E-state index contributed by atoms with van der Waals surface area (Å²) >= 11 is 0. The van der Waals surface area contributed by atoms with Crippen molar-refractivity contribution in [2.75, 3.05) is 12.8 Å². The third-order valence-electron chi connectivity index (χ3n) is 3.11. The van der Waals surface area contributed by atoms with Gasteiger partial charge in [-0.3, -0.25) is 4.79 Å². The molecule has 0 aliphatic heterocycles. The molecule has 0 bridgehead atoms. The van der Waals surface area contributed by atoms with Crippen LogP contribution in [-0.2, 0) is 16.3 Å². The van der Waals surface area contributed by atoms with E-state index in [0.29, 0.717) is 13.0 Å². The minimum Gasteiger partial charge on any atom is -0.352 e. The lowest BCUT2D eigenvalue weighted by Gasteiger charge is -2.07. The Morgan fingerprint density at radius 3 is 2.55 bits per heavy atom. The highest BCUT2D eigenvalue weighted by Gasteiger charge is 2.11. The van der Waals surface area contributed by atoms with E-state index in [2.05, 4.69) is 5.32 Å². The van der Waals surface area contributed by atoms with Crippen molar-refractivity contribution in [2.24, 2.45) is 0 Å². The molecular weight excluding hydrogens is 305 g/mol. The van der Waals surface area contributed by atoms with E-state index < -0.39 is 9.84 Å². The Labute approximate surface area is 128 Å². The van der Waals surface area contributed by atoms with Gasteiger partial charge in [-0.2, -0.15) is 0 Å². The van der Waals surface area contributed by atoms with E-state index in [0.717, 1.165) is 11.8 Å². The van der Waals surface area contributed by atoms with E-state index in [1.165, 1.54) is 30.3 Å². The topological polar surface area (TPSA) is 63.2 Å². The van der Waals surface area contributed by atoms with Gasteiger partial charge in [-0.25, -0.2) is 12.8 Å². The minimum absolute atomic E-state index is 0.102. The lowest BCUT2D eigenvalue weighted by molar-refractivity contribution is 0.0954. The van der Waals surface area contributed by atoms with E-state index in [4.69, 9.17) is 0 Å². The Bertz CT molecular complexity index is 787. The maximum absolute atomic E-state index is 13.0. The lowest BCUT2D eigenvalue weighted by Crippen LogP contribution is -2.25. The van der Waals surface area contributed by atoms with Crippen molar-refractivity contribution in [3.05, 3.63) is 65.5 Å². The van der Waals surface area contributed by atoms with Crippen LogP contribution in [0.15, 0.2) is 53.4 Å². The second-order valence-electron chi connectivity index (χ2n) is 4.94. The van der Waals surface area contributed by atoms with Gasteiger partial charge in [-0.15, -0.1) is 0 Å². The first-order valence-electron chi connectivity index (χ1n) is 6.69. The van der Waals surface area contributed by atoms with E-state index >= 15 is 0 Å². The quantitative estimate of drug-likeness (QED) is 0.918. The SMILES string of the molecule is CS(=O)(=O)c1cccc(C(=O)NCCc2cccc(F)c2)c1. The normalized spacial score (nSPS) is 11.2. The Hall–Kier alpha value is -2.21. The number of hydrogen-bond acceptors (Lipinski definition) is 3. The van der Waals surface area contributed by atoms with Gasteiger partial charge in [0.1, 0.15) is 5.82 Å². The molecule has 6 heteroatoms. The summed E-state index contributed by atoms with van der Waals surface area (Å²) in [6, 6.07) is 12.0. The molecule has 0 saturated carbocycles. The summed E-state index contributed by atoms with van der Waals surface area (Å²) in [6.45, 7) is 0.339. The molecule has 0 aliphatic carbocycles. The molecule has 0 aliphatic rings. The number of carbonyl (C=O) groups excluding carboxylic acids is 1. The molecule has 4 nitrogen and oxygen atoms in total. The number of amides is 1. The van der Waals surface area contributed by atoms with Gasteiger partial charge in [0.15, 0.2) is 9.84 Å². The predicted octanol–water partition coefficient (Wildman–Crippen LogP) is 2.20. The van der Waals surface area contributed by atoms with Gasteiger partial charge in [0.25, 0.3) is 5.91 Å². The summed E-state index contributed by atoms with van der Waals surface area (Å²) in [7, 11) is -3.35. The lowest BCUT2D eigenvalue weighted by atomic mass is 10.1. The first-order chi connectivity index (χ1) is 10.4. The predicted molar refractivity (Wildman–Crippen MR) is 82.0 cm³/mol. The van der Waals surface area contributed by atoms with Crippen LogP contribution in [0, 0.1) is 5.82 Å². The van der Waals surface area contributed by atoms with E-state index in [1.54, 1.807) is 18.2 Å². The van der Waals surface area contributed by atoms with Crippen LogP contribution in [0.3, 0.4) is 0 Å². The zero-order valence-electron chi connectivity index (χ0n) is 12.0. The summed E-state index contributed by atoms with van der Waals surface area (Å²) in [6.07, 6.45) is 1.59. The van der Waals surface area contributed by atoms with Crippen molar-refractivity contribution in [3.63, 3.8) is 0 Å². The average Bonchev–Trinajstić information content (AvgIpc) is 2.46. The van der Waals surface area contributed by atoms with Crippen LogP contribution in [0.4, 0.5) is 4.39 Å². The molecule has 0 spiro atoms. The number of hydrogen-bond donors (Lipinski definition) is 1. The van der Waals surface area contributed by atoms with Crippen LogP contribution in [0.1, 0.15) is 15.9 Å². The monoisotopic (exact) mass is 321 g/mol. The third-order valence-corrected chi connectivity index (χ3v) is 4.22. The average molecular weight is 321 g/mol. The Morgan fingerprint density at radius 1 is 1.14 bits per heavy atom. The second kappa shape index (κ2) is 6.70. The largest absolute Gasteiger partial charge is 0.352 e. The van der Waals surface area contributed by atoms with Crippen LogP contribution in [-0.4, -0.2) is 27.1 Å². The van der Waals surface area contributed by atoms with Gasteiger partial charge in [-0.05, 0) is 42.3 Å². The molecular formula is C16H16FNO3S. The van der Waals surface area contributed by atoms with Crippen LogP contribution in [0.2, 0.25) is 0 Å². The van der Waals surface area contributed by atoms with Crippen molar-refractivity contribution in [1.82, 2.24) is 5.32 Å². The molecule has 22 heavy (non-hydrogen) atoms. The fraction of sp³-hybridized carbons (Fsp3) is 0.188. The van der Waals surface area contributed by atoms with Crippen LogP contribution >= 0.6 is 0 Å². The van der Waals surface area contributed by atoms with Crippen LogP contribution < -0.4 is 5.32 Å². The molecule has 0 unspecified atom stereocenters. The zero-order valence-corrected chi connectivity index (χ0v) is 12.9. The van der Waals surface area contributed by atoms with Crippen LogP contribution in [0.25, 0.3) is 0 Å². The number of nitrogens with one attached hydrogen (secondary N) is 1. The Kier molecular flexibility index (Phi) is 4.92. The summed E-state index contributed by atoms with van der Waals surface area (Å²) in [5.41, 5.74) is 1.06. The molecule has 0 heterocycles. The third kappa shape index (κ3) is 4.39. The van der Waals surface area contributed by atoms with E-state index in [-0.39, 0.29) is 22.2 Å². The molecule has 0 saturated heterocycles. The highest BCUT2D eigenvalue weighted by atomic mass is 32.2. The van der Waals surface area contributed by atoms with Gasteiger partial charge in [-0.1, -0.05) is 18.2 Å². The van der Waals surface area contributed by atoms with Gasteiger partial charge in [0.2, 0.25) is 0 Å². The fourth-order valence-corrected chi connectivity index (χ4v) is 2.65. The Morgan fingerprint density at radius 2 is 1.86 bits per heavy atom. The summed E-state index contributed by atoms with van der Waals surface area (Å²) < 4.78 is 36.0. The maximum Gasteiger partial charge on any atom is 0.251 e. The first kappa shape index (κ1) is 16.2. The Balaban J connectivity index is 1.98. The van der Waals surface area contributed by atoms with E-state index in [9.17, 15) is 17.6 Å². The highest BCUT2D eigenvalue weighted by Crippen LogP contribution is 2.11. The molecule has 0 aromatic heterocycles.